The van der Waals surface area contributed by atoms with Crippen molar-refractivity contribution < 1.29 is 14.6 Å². The SMILES string of the molecule is CCOC(=O)C1CCCCN1CC(O)c1ccccc1. The average molecular weight is 277 g/mol. The second-order valence-electron chi connectivity index (χ2n) is 5.19. The van der Waals surface area contributed by atoms with Gasteiger partial charge in [0.1, 0.15) is 6.04 Å². The summed E-state index contributed by atoms with van der Waals surface area (Å²) in [5, 5.41) is 10.3. The smallest absolute Gasteiger partial charge is 0.323 e. The van der Waals surface area contributed by atoms with Gasteiger partial charge in [-0.3, -0.25) is 9.69 Å². The molecule has 1 aromatic rings. The van der Waals surface area contributed by atoms with E-state index in [2.05, 4.69) is 4.90 Å². The molecule has 4 heteroatoms. The molecule has 1 heterocycles. The third-order valence-corrected chi connectivity index (χ3v) is 3.76. The minimum absolute atomic E-state index is 0.160. The highest BCUT2D eigenvalue weighted by molar-refractivity contribution is 5.75. The molecule has 20 heavy (non-hydrogen) atoms. The fraction of sp³-hybridized carbons (Fsp3) is 0.562. The summed E-state index contributed by atoms with van der Waals surface area (Å²) >= 11 is 0. The molecule has 0 aliphatic carbocycles. The summed E-state index contributed by atoms with van der Waals surface area (Å²) in [5.74, 6) is -0.160. The first-order valence-corrected chi connectivity index (χ1v) is 7.36. The monoisotopic (exact) mass is 277 g/mol. The van der Waals surface area contributed by atoms with E-state index in [0.29, 0.717) is 13.2 Å². The first-order valence-electron chi connectivity index (χ1n) is 7.36. The Morgan fingerprint density at radius 1 is 1.40 bits per heavy atom. The summed E-state index contributed by atoms with van der Waals surface area (Å²) < 4.78 is 5.14. The number of hydrogen-bond acceptors (Lipinski definition) is 4. The van der Waals surface area contributed by atoms with Gasteiger partial charge in [-0.15, -0.1) is 0 Å². The number of aliphatic hydroxyl groups is 1. The summed E-state index contributed by atoms with van der Waals surface area (Å²) in [6.45, 7) is 3.55. The zero-order chi connectivity index (χ0) is 14.4. The maximum Gasteiger partial charge on any atom is 0.323 e. The minimum atomic E-state index is -0.564. The third-order valence-electron chi connectivity index (χ3n) is 3.76. The molecule has 2 atom stereocenters. The molecule has 0 aromatic heterocycles. The van der Waals surface area contributed by atoms with Gasteiger partial charge in [-0.05, 0) is 31.9 Å². The molecule has 2 unspecified atom stereocenters. The Morgan fingerprint density at radius 3 is 2.85 bits per heavy atom. The van der Waals surface area contributed by atoms with E-state index in [-0.39, 0.29) is 12.0 Å². The summed E-state index contributed by atoms with van der Waals surface area (Å²) in [5.41, 5.74) is 0.890. The first-order chi connectivity index (χ1) is 9.72. The van der Waals surface area contributed by atoms with Gasteiger partial charge in [0.15, 0.2) is 0 Å². The maximum atomic E-state index is 12.0. The van der Waals surface area contributed by atoms with Crippen LogP contribution in [-0.2, 0) is 9.53 Å². The molecule has 1 aliphatic heterocycles. The summed E-state index contributed by atoms with van der Waals surface area (Å²) in [6, 6.07) is 9.37. The molecule has 4 nitrogen and oxygen atoms in total. The number of β-amino-alcohol motifs (C(OH)–C–C–N with tert-alkyl or cyclic N) is 1. The van der Waals surface area contributed by atoms with Crippen molar-refractivity contribution in [3.63, 3.8) is 0 Å². The Hall–Kier alpha value is -1.39. The van der Waals surface area contributed by atoms with E-state index < -0.39 is 6.10 Å². The van der Waals surface area contributed by atoms with Gasteiger partial charge >= 0.3 is 5.97 Å². The highest BCUT2D eigenvalue weighted by atomic mass is 16.5. The third kappa shape index (κ3) is 3.81. The van der Waals surface area contributed by atoms with Gasteiger partial charge in [0.05, 0.1) is 12.7 Å². The molecule has 0 spiro atoms. The van der Waals surface area contributed by atoms with Crippen LogP contribution in [0.3, 0.4) is 0 Å². The normalized spacial score (nSPS) is 21.4. The lowest BCUT2D eigenvalue weighted by molar-refractivity contribution is -0.151. The standard InChI is InChI=1S/C16H23NO3/c1-2-20-16(19)14-10-6-7-11-17(14)12-15(18)13-8-4-3-5-9-13/h3-5,8-9,14-15,18H,2,6-7,10-12H2,1H3. The number of aliphatic hydroxyl groups excluding tert-OH is 1. The number of carbonyl (C=O) groups is 1. The summed E-state index contributed by atoms with van der Waals surface area (Å²) in [7, 11) is 0. The first kappa shape index (κ1) is 15.0. The molecular weight excluding hydrogens is 254 g/mol. The Kier molecular flexibility index (Phi) is 5.56. The van der Waals surface area contributed by atoms with Crippen LogP contribution >= 0.6 is 0 Å². The Labute approximate surface area is 120 Å². The van der Waals surface area contributed by atoms with Crippen molar-refractivity contribution in [2.45, 2.75) is 38.3 Å². The van der Waals surface area contributed by atoms with Crippen LogP contribution in [0.2, 0.25) is 0 Å². The predicted octanol–water partition coefficient (Wildman–Crippen LogP) is 2.14. The number of ether oxygens (including phenoxy) is 1. The van der Waals surface area contributed by atoms with Crippen LogP contribution in [0.4, 0.5) is 0 Å². The van der Waals surface area contributed by atoms with Crippen LogP contribution in [0, 0.1) is 0 Å². The number of benzene rings is 1. The predicted molar refractivity (Wildman–Crippen MR) is 77.2 cm³/mol. The van der Waals surface area contributed by atoms with Crippen LogP contribution < -0.4 is 0 Å². The van der Waals surface area contributed by atoms with E-state index in [1.54, 1.807) is 0 Å². The van der Waals surface area contributed by atoms with Crippen molar-refractivity contribution in [2.75, 3.05) is 19.7 Å². The maximum absolute atomic E-state index is 12.0. The fourth-order valence-corrected chi connectivity index (χ4v) is 2.72. The van der Waals surface area contributed by atoms with Crippen LogP contribution in [-0.4, -0.2) is 41.7 Å². The Balaban J connectivity index is 2.00. The highest BCUT2D eigenvalue weighted by Crippen LogP contribution is 2.22. The molecule has 0 bridgehead atoms. The van der Waals surface area contributed by atoms with Crippen LogP contribution in [0.25, 0.3) is 0 Å². The Morgan fingerprint density at radius 2 is 2.15 bits per heavy atom. The molecule has 0 saturated carbocycles. The van der Waals surface area contributed by atoms with Crippen molar-refractivity contribution in [2.24, 2.45) is 0 Å². The number of esters is 1. The van der Waals surface area contributed by atoms with Gasteiger partial charge in [-0.2, -0.15) is 0 Å². The van der Waals surface area contributed by atoms with Crippen molar-refractivity contribution in [1.29, 1.82) is 0 Å². The van der Waals surface area contributed by atoms with Crippen LogP contribution in [0.15, 0.2) is 30.3 Å². The van der Waals surface area contributed by atoms with E-state index in [9.17, 15) is 9.90 Å². The van der Waals surface area contributed by atoms with Crippen LogP contribution in [0.1, 0.15) is 37.9 Å². The summed E-state index contributed by atoms with van der Waals surface area (Å²) in [6.07, 6.45) is 2.37. The minimum Gasteiger partial charge on any atom is -0.465 e. The van der Waals surface area contributed by atoms with E-state index in [1.165, 1.54) is 0 Å². The molecule has 110 valence electrons. The van der Waals surface area contributed by atoms with Gasteiger partial charge in [0, 0.05) is 6.54 Å². The van der Waals surface area contributed by atoms with Gasteiger partial charge in [-0.1, -0.05) is 36.8 Å². The topological polar surface area (TPSA) is 49.8 Å². The molecule has 0 amide bonds. The average Bonchev–Trinajstić information content (AvgIpc) is 2.49. The van der Waals surface area contributed by atoms with E-state index in [4.69, 9.17) is 4.74 Å². The number of hydrogen-bond donors (Lipinski definition) is 1. The van der Waals surface area contributed by atoms with Gasteiger partial charge < -0.3 is 9.84 Å². The lowest BCUT2D eigenvalue weighted by Gasteiger charge is -2.35. The number of likely N-dealkylation sites (tertiary alicyclic amines) is 1. The number of carbonyl (C=O) groups excluding carboxylic acids is 1. The molecule has 1 saturated heterocycles. The molecule has 1 aromatic carbocycles. The Bertz CT molecular complexity index is 421. The molecule has 2 rings (SSSR count). The fourth-order valence-electron chi connectivity index (χ4n) is 2.72. The highest BCUT2D eigenvalue weighted by Gasteiger charge is 2.31. The van der Waals surface area contributed by atoms with Gasteiger partial charge in [0.2, 0.25) is 0 Å². The van der Waals surface area contributed by atoms with Crippen molar-refractivity contribution in [3.8, 4) is 0 Å². The zero-order valence-corrected chi connectivity index (χ0v) is 12.0. The molecule has 1 N–H and O–H groups in total. The molecule has 1 aliphatic rings. The second-order valence-corrected chi connectivity index (χ2v) is 5.19. The lowest BCUT2D eigenvalue weighted by Crippen LogP contribution is -2.47. The number of piperidine rings is 1. The molecular formula is C16H23NO3. The number of rotatable bonds is 5. The van der Waals surface area contributed by atoms with Crippen molar-refractivity contribution >= 4 is 5.97 Å². The second kappa shape index (κ2) is 7.41. The zero-order valence-electron chi connectivity index (χ0n) is 12.0. The molecule has 1 fully saturated rings. The number of nitrogens with zero attached hydrogens (tertiary/aromatic N) is 1. The van der Waals surface area contributed by atoms with E-state index >= 15 is 0 Å². The summed E-state index contributed by atoms with van der Waals surface area (Å²) in [4.78, 5) is 14.0. The van der Waals surface area contributed by atoms with Gasteiger partial charge in [-0.25, -0.2) is 0 Å². The van der Waals surface area contributed by atoms with Gasteiger partial charge in [0.25, 0.3) is 0 Å². The van der Waals surface area contributed by atoms with Crippen LogP contribution in [0.5, 0.6) is 0 Å². The lowest BCUT2D eigenvalue weighted by atomic mass is 10.0. The van der Waals surface area contributed by atoms with Crippen molar-refractivity contribution in [1.82, 2.24) is 4.90 Å². The van der Waals surface area contributed by atoms with E-state index in [1.807, 2.05) is 37.3 Å². The van der Waals surface area contributed by atoms with Crippen molar-refractivity contribution in [3.05, 3.63) is 35.9 Å². The van der Waals surface area contributed by atoms with E-state index in [0.717, 1.165) is 31.4 Å². The largest absolute Gasteiger partial charge is 0.465 e. The quantitative estimate of drug-likeness (QED) is 0.838. The molecule has 0 radical (unpaired) electrons.